The summed E-state index contributed by atoms with van der Waals surface area (Å²) in [6, 6.07) is 3.49. The second kappa shape index (κ2) is 6.74. The van der Waals surface area contributed by atoms with Crippen LogP contribution in [-0.2, 0) is 9.59 Å². The summed E-state index contributed by atoms with van der Waals surface area (Å²) < 4.78 is 5.85. The molecule has 0 aromatic carbocycles. The number of rotatable bonds is 5. The first-order chi connectivity index (χ1) is 9.56. The topological polar surface area (TPSA) is 70.8 Å². The maximum absolute atomic E-state index is 12.2. The third-order valence-corrected chi connectivity index (χ3v) is 3.76. The fourth-order valence-corrected chi connectivity index (χ4v) is 2.73. The molecule has 0 atom stereocenters. The summed E-state index contributed by atoms with van der Waals surface area (Å²) in [5.74, 6) is -0.724. The number of amides is 1. The highest BCUT2D eigenvalue weighted by Gasteiger charge is 2.27. The summed E-state index contributed by atoms with van der Waals surface area (Å²) >= 11 is 3.18. The summed E-state index contributed by atoms with van der Waals surface area (Å²) in [4.78, 5) is 24.5. The number of hydrogen-bond acceptors (Lipinski definition) is 3. The van der Waals surface area contributed by atoms with Crippen LogP contribution in [0.25, 0.3) is 6.08 Å². The molecule has 1 fully saturated rings. The maximum atomic E-state index is 12.2. The highest BCUT2D eigenvalue weighted by molar-refractivity contribution is 9.10. The highest BCUT2D eigenvalue weighted by atomic mass is 79.9. The Hall–Kier alpha value is -1.56. The molecule has 1 aliphatic rings. The van der Waals surface area contributed by atoms with E-state index < -0.39 is 5.97 Å². The van der Waals surface area contributed by atoms with E-state index in [-0.39, 0.29) is 18.5 Å². The second-order valence-electron chi connectivity index (χ2n) is 4.77. The minimum Gasteiger partial charge on any atom is -0.480 e. The minimum atomic E-state index is -0.987. The monoisotopic (exact) mass is 341 g/mol. The first-order valence-electron chi connectivity index (χ1n) is 6.52. The van der Waals surface area contributed by atoms with Crippen LogP contribution in [0.2, 0.25) is 0 Å². The fourth-order valence-electron chi connectivity index (χ4n) is 2.42. The van der Waals surface area contributed by atoms with Gasteiger partial charge in [-0.3, -0.25) is 9.59 Å². The van der Waals surface area contributed by atoms with E-state index in [4.69, 9.17) is 9.52 Å². The molecule has 6 heteroatoms. The minimum absolute atomic E-state index is 0.0339. The molecule has 1 amide bonds. The maximum Gasteiger partial charge on any atom is 0.323 e. The Morgan fingerprint density at radius 1 is 1.40 bits per heavy atom. The van der Waals surface area contributed by atoms with Gasteiger partial charge in [-0.25, -0.2) is 0 Å². The van der Waals surface area contributed by atoms with Gasteiger partial charge in [0.15, 0.2) is 4.67 Å². The molecule has 1 heterocycles. The summed E-state index contributed by atoms with van der Waals surface area (Å²) in [5.41, 5.74) is 0. The number of carbonyl (C=O) groups is 2. The van der Waals surface area contributed by atoms with Crippen LogP contribution in [0.4, 0.5) is 0 Å². The molecule has 0 unspecified atom stereocenters. The molecular weight excluding hydrogens is 326 g/mol. The van der Waals surface area contributed by atoms with Crippen molar-refractivity contribution in [2.45, 2.75) is 31.7 Å². The van der Waals surface area contributed by atoms with Crippen molar-refractivity contribution in [2.75, 3.05) is 6.54 Å². The fraction of sp³-hybridized carbons (Fsp3) is 0.429. The van der Waals surface area contributed by atoms with E-state index >= 15 is 0 Å². The average Bonchev–Trinajstić information content (AvgIpc) is 3.04. The zero-order valence-corrected chi connectivity index (χ0v) is 12.5. The molecule has 5 nitrogen and oxygen atoms in total. The van der Waals surface area contributed by atoms with Gasteiger partial charge in [0.2, 0.25) is 5.91 Å². The van der Waals surface area contributed by atoms with Crippen LogP contribution in [0.1, 0.15) is 31.4 Å². The molecule has 1 aromatic heterocycles. The van der Waals surface area contributed by atoms with Crippen LogP contribution in [0, 0.1) is 0 Å². The van der Waals surface area contributed by atoms with Gasteiger partial charge < -0.3 is 14.4 Å². The third-order valence-electron chi connectivity index (χ3n) is 3.34. The normalized spacial score (nSPS) is 15.8. The van der Waals surface area contributed by atoms with Gasteiger partial charge in [0.1, 0.15) is 12.3 Å². The van der Waals surface area contributed by atoms with Gasteiger partial charge in [-0.2, -0.15) is 0 Å². The van der Waals surface area contributed by atoms with Gasteiger partial charge in [0.25, 0.3) is 0 Å². The summed E-state index contributed by atoms with van der Waals surface area (Å²) in [6.45, 7) is -0.254. The molecule has 0 aliphatic heterocycles. The van der Waals surface area contributed by atoms with Gasteiger partial charge in [-0.05, 0) is 47.0 Å². The van der Waals surface area contributed by atoms with Crippen LogP contribution < -0.4 is 0 Å². The largest absolute Gasteiger partial charge is 0.480 e. The number of carboxylic acids is 1. The van der Waals surface area contributed by atoms with Crippen molar-refractivity contribution in [1.82, 2.24) is 4.90 Å². The van der Waals surface area contributed by atoms with E-state index in [9.17, 15) is 9.59 Å². The Kier molecular flexibility index (Phi) is 5.00. The molecule has 0 saturated heterocycles. The Balaban J connectivity index is 2.05. The van der Waals surface area contributed by atoms with Crippen LogP contribution in [0.5, 0.6) is 0 Å². The first-order valence-corrected chi connectivity index (χ1v) is 7.31. The number of carbonyl (C=O) groups excluding carboxylic acids is 1. The van der Waals surface area contributed by atoms with Gasteiger partial charge in [-0.15, -0.1) is 0 Å². The number of carboxylic acid groups (broad SMARTS) is 1. The van der Waals surface area contributed by atoms with Crippen molar-refractivity contribution in [1.29, 1.82) is 0 Å². The molecule has 1 aromatic rings. The summed E-state index contributed by atoms with van der Waals surface area (Å²) in [5, 5.41) is 8.94. The number of hydrogen-bond donors (Lipinski definition) is 1. The molecule has 20 heavy (non-hydrogen) atoms. The zero-order valence-electron chi connectivity index (χ0n) is 10.9. The lowest BCUT2D eigenvalue weighted by Crippen LogP contribution is -2.41. The number of halogens is 1. The van der Waals surface area contributed by atoms with E-state index in [0.29, 0.717) is 10.4 Å². The van der Waals surface area contributed by atoms with Gasteiger partial charge in [0.05, 0.1) is 0 Å². The van der Waals surface area contributed by atoms with E-state index in [0.717, 1.165) is 25.7 Å². The lowest BCUT2D eigenvalue weighted by Gasteiger charge is -2.26. The lowest BCUT2D eigenvalue weighted by molar-refractivity contribution is -0.144. The molecular formula is C14H16BrNO4. The van der Waals surface area contributed by atoms with Gasteiger partial charge in [0, 0.05) is 12.1 Å². The summed E-state index contributed by atoms with van der Waals surface area (Å²) in [6.07, 6.45) is 6.76. The van der Waals surface area contributed by atoms with Crippen LogP contribution in [-0.4, -0.2) is 34.5 Å². The number of nitrogens with zero attached hydrogens (tertiary/aromatic N) is 1. The van der Waals surface area contributed by atoms with Crippen molar-refractivity contribution < 1.29 is 19.1 Å². The Morgan fingerprint density at radius 2 is 2.10 bits per heavy atom. The second-order valence-corrected chi connectivity index (χ2v) is 5.55. The summed E-state index contributed by atoms with van der Waals surface area (Å²) in [7, 11) is 0. The highest BCUT2D eigenvalue weighted by Crippen LogP contribution is 2.24. The van der Waals surface area contributed by atoms with E-state index in [2.05, 4.69) is 15.9 Å². The van der Waals surface area contributed by atoms with Crippen molar-refractivity contribution >= 4 is 33.9 Å². The van der Waals surface area contributed by atoms with Crippen molar-refractivity contribution in [3.8, 4) is 0 Å². The Labute approximate surface area is 125 Å². The van der Waals surface area contributed by atoms with Crippen molar-refractivity contribution in [2.24, 2.45) is 0 Å². The van der Waals surface area contributed by atoms with E-state index in [1.54, 1.807) is 18.2 Å². The van der Waals surface area contributed by atoms with Crippen molar-refractivity contribution in [3.05, 3.63) is 28.6 Å². The lowest BCUT2D eigenvalue weighted by atomic mass is 10.2. The quantitative estimate of drug-likeness (QED) is 0.836. The molecule has 0 spiro atoms. The molecule has 1 N–H and O–H groups in total. The van der Waals surface area contributed by atoms with Gasteiger partial charge in [-0.1, -0.05) is 12.8 Å². The molecule has 0 radical (unpaired) electrons. The first kappa shape index (κ1) is 14.8. The zero-order chi connectivity index (χ0) is 14.5. The van der Waals surface area contributed by atoms with Crippen LogP contribution in [0.3, 0.4) is 0 Å². The van der Waals surface area contributed by atoms with Crippen LogP contribution >= 0.6 is 15.9 Å². The average molecular weight is 342 g/mol. The predicted octanol–water partition coefficient (Wildman–Crippen LogP) is 2.91. The number of furan rings is 1. The third kappa shape index (κ3) is 3.96. The molecule has 0 bridgehead atoms. The van der Waals surface area contributed by atoms with E-state index in [1.807, 2.05) is 0 Å². The Morgan fingerprint density at radius 3 is 2.65 bits per heavy atom. The molecule has 1 aliphatic carbocycles. The molecule has 2 rings (SSSR count). The SMILES string of the molecule is O=C(O)CN(C(=O)/C=C/c1ccc(Br)o1)C1CCCC1. The van der Waals surface area contributed by atoms with Crippen LogP contribution in [0.15, 0.2) is 27.3 Å². The predicted molar refractivity (Wildman–Crippen MR) is 77.0 cm³/mol. The Bertz CT molecular complexity index is 517. The van der Waals surface area contributed by atoms with E-state index in [1.165, 1.54) is 11.0 Å². The molecule has 1 saturated carbocycles. The number of aliphatic carboxylic acids is 1. The smallest absolute Gasteiger partial charge is 0.323 e. The molecule has 108 valence electrons. The van der Waals surface area contributed by atoms with Crippen molar-refractivity contribution in [3.63, 3.8) is 0 Å². The standard InChI is InChI=1S/C14H16BrNO4/c15-12-7-5-11(20-12)6-8-13(17)16(9-14(18)19)10-3-1-2-4-10/h5-8,10H,1-4,9H2,(H,18,19)/b8-6+. The van der Waals surface area contributed by atoms with Gasteiger partial charge >= 0.3 is 5.97 Å².